The predicted octanol–water partition coefficient (Wildman–Crippen LogP) is 18.9. The van der Waals surface area contributed by atoms with Crippen LogP contribution in [0.4, 0.5) is 34.1 Å². The number of aryl methyl sites for hydroxylation is 2. The molecule has 338 valence electrons. The number of benzene rings is 11. The highest BCUT2D eigenvalue weighted by Gasteiger charge is 2.33. The van der Waals surface area contributed by atoms with Gasteiger partial charge in [-0.2, -0.15) is 0 Å². The van der Waals surface area contributed by atoms with Gasteiger partial charge < -0.3 is 18.6 Å². The Bertz CT molecular complexity index is 4790. The average molecular weight is 929 g/mol. The maximum atomic E-state index is 9.43. The number of rotatable bonds is 8. The van der Waals surface area contributed by atoms with E-state index in [1.54, 1.807) is 0 Å². The van der Waals surface area contributed by atoms with E-state index in [2.05, 4.69) is 93.7 Å². The molecule has 15 aromatic rings. The molecule has 0 aliphatic heterocycles. The lowest BCUT2D eigenvalue weighted by molar-refractivity contribution is 1.29. The standard InChI is InChI=1S/C68H46N4/c1-43-31-35-49(36-32-43)69(47-23-11-5-12-24-47)57-41-39-53-63-59(45-19-7-3-8-20-45)68-64(60(46-21-9-4-10-22-46)67(63)71-55-29-17-15-27-51(55)61(57)65(53)71)54-40-42-58(62-52-28-16-18-30-56(52)72(68)66(54)62)70(48-25-13-6-14-26-48)50-37-33-44(2)34-38-50/h3-42H,1-2H3/i5D,6D,11D,12D,13D,14D,23D,24D,25D,26D. The largest absolute Gasteiger partial charge is 0.310 e. The van der Waals surface area contributed by atoms with Crippen LogP contribution in [0.15, 0.2) is 242 Å². The molecular formula is C68H46N4. The summed E-state index contributed by atoms with van der Waals surface area (Å²) in [6, 6.07) is 57.5. The number of hydrogen-bond donors (Lipinski definition) is 0. The van der Waals surface area contributed by atoms with Crippen molar-refractivity contribution in [2.45, 2.75) is 13.8 Å². The highest BCUT2D eigenvalue weighted by molar-refractivity contribution is 6.39. The van der Waals surface area contributed by atoms with Crippen LogP contribution in [-0.2, 0) is 0 Å². The molecule has 4 aromatic heterocycles. The van der Waals surface area contributed by atoms with Crippen LogP contribution in [-0.4, -0.2) is 8.80 Å². The summed E-state index contributed by atoms with van der Waals surface area (Å²) in [5.41, 5.74) is 14.1. The van der Waals surface area contributed by atoms with E-state index in [1.807, 2.05) is 121 Å². The first kappa shape index (κ1) is 31.7. The molecule has 4 heteroatoms. The lowest BCUT2D eigenvalue weighted by Crippen LogP contribution is -2.10. The summed E-state index contributed by atoms with van der Waals surface area (Å²) < 4.78 is 95.3. The van der Waals surface area contributed by atoms with Crippen molar-refractivity contribution in [2.75, 3.05) is 9.80 Å². The van der Waals surface area contributed by atoms with Crippen molar-refractivity contribution in [1.82, 2.24) is 8.80 Å². The maximum Gasteiger partial charge on any atom is 0.0645 e. The minimum absolute atomic E-state index is 0.0402. The van der Waals surface area contributed by atoms with E-state index in [0.29, 0.717) is 22.7 Å². The summed E-state index contributed by atoms with van der Waals surface area (Å²) in [6.07, 6.45) is 0. The average Bonchev–Trinajstić information content (AvgIpc) is 1.66. The summed E-state index contributed by atoms with van der Waals surface area (Å²) in [5.74, 6) is 0. The van der Waals surface area contributed by atoms with Gasteiger partial charge in [0, 0.05) is 77.0 Å². The zero-order valence-corrected chi connectivity index (χ0v) is 39.1. The van der Waals surface area contributed by atoms with Crippen LogP contribution in [0, 0.1) is 13.8 Å². The third-order valence-electron chi connectivity index (χ3n) is 14.6. The molecule has 0 saturated heterocycles. The molecule has 4 nitrogen and oxygen atoms in total. The van der Waals surface area contributed by atoms with E-state index in [9.17, 15) is 5.48 Å². The van der Waals surface area contributed by atoms with E-state index < -0.39 is 36.3 Å². The molecule has 0 N–H and O–H groups in total. The Labute approximate surface area is 430 Å². The molecule has 0 radical (unpaired) electrons. The van der Waals surface area contributed by atoms with Gasteiger partial charge in [0.1, 0.15) is 0 Å². The molecule has 0 aliphatic carbocycles. The van der Waals surface area contributed by atoms with Crippen LogP contribution in [0.1, 0.15) is 24.8 Å². The number of aromatic nitrogens is 2. The van der Waals surface area contributed by atoms with E-state index >= 15 is 0 Å². The van der Waals surface area contributed by atoms with Gasteiger partial charge in [-0.15, -0.1) is 0 Å². The molecule has 0 aliphatic rings. The van der Waals surface area contributed by atoms with Gasteiger partial charge in [0.25, 0.3) is 0 Å². The number of hydrogen-bond acceptors (Lipinski definition) is 2. The molecular weight excluding hydrogens is 873 g/mol. The van der Waals surface area contributed by atoms with Crippen molar-refractivity contribution in [3.8, 4) is 22.3 Å². The zero-order valence-electron chi connectivity index (χ0n) is 49.1. The first-order chi connectivity index (χ1) is 39.8. The summed E-state index contributed by atoms with van der Waals surface area (Å²) in [6.45, 7) is 3.99. The molecule has 15 rings (SSSR count). The molecule has 0 unspecified atom stereocenters. The summed E-state index contributed by atoms with van der Waals surface area (Å²) in [4.78, 5) is 3.66. The summed E-state index contributed by atoms with van der Waals surface area (Å²) in [7, 11) is 0. The second kappa shape index (κ2) is 15.6. The van der Waals surface area contributed by atoms with Crippen LogP contribution in [0.25, 0.3) is 98.4 Å². The molecule has 0 atom stereocenters. The molecule has 0 amide bonds. The van der Waals surface area contributed by atoms with Crippen LogP contribution in [0.3, 0.4) is 0 Å². The van der Waals surface area contributed by atoms with Crippen molar-refractivity contribution in [1.29, 1.82) is 0 Å². The third-order valence-corrected chi connectivity index (χ3v) is 14.6. The molecule has 0 spiro atoms. The Morgan fingerprint density at radius 2 is 0.694 bits per heavy atom. The fourth-order valence-corrected chi connectivity index (χ4v) is 11.7. The highest BCUT2D eigenvalue weighted by Crippen LogP contribution is 2.57. The van der Waals surface area contributed by atoms with Crippen LogP contribution in [0.5, 0.6) is 0 Å². The SMILES string of the molecule is [2H]c1c([2H])c([2H])c(N(c2ccc(C)cc2)c2ccc3c4c(-c5ccccc5)c5c(c(-c6ccccc6)c4n4c6ccccc6c2c34)c2ccc(N(c3ccc(C)cc3)c3c([2H])c([2H])c([2H])c([2H])c3[2H])c3c4ccccc4n5c23)c([2H])c1[2H]. The molecule has 72 heavy (non-hydrogen) atoms. The van der Waals surface area contributed by atoms with Gasteiger partial charge in [0.05, 0.1) is 58.2 Å². The predicted molar refractivity (Wildman–Crippen MR) is 305 cm³/mol. The van der Waals surface area contributed by atoms with Crippen LogP contribution < -0.4 is 9.80 Å². The lowest BCUT2D eigenvalue weighted by Gasteiger charge is -2.26. The molecule has 0 fully saturated rings. The monoisotopic (exact) mass is 928 g/mol. The number of fused-ring (bicyclic) bond motifs is 12. The summed E-state index contributed by atoms with van der Waals surface area (Å²) >= 11 is 0. The van der Waals surface area contributed by atoms with Gasteiger partial charge in [-0.25, -0.2) is 0 Å². The maximum absolute atomic E-state index is 9.43. The van der Waals surface area contributed by atoms with Gasteiger partial charge in [0.15, 0.2) is 0 Å². The Hall–Kier alpha value is -9.38. The van der Waals surface area contributed by atoms with Crippen molar-refractivity contribution >= 4 is 110 Å². The van der Waals surface area contributed by atoms with Crippen molar-refractivity contribution in [3.63, 3.8) is 0 Å². The smallest absolute Gasteiger partial charge is 0.0645 e. The van der Waals surface area contributed by atoms with Crippen molar-refractivity contribution in [3.05, 3.63) is 254 Å². The van der Waals surface area contributed by atoms with Crippen molar-refractivity contribution in [2.24, 2.45) is 0 Å². The second-order valence-corrected chi connectivity index (χ2v) is 18.6. The Balaban J connectivity index is 1.17. The number of anilines is 6. The van der Waals surface area contributed by atoms with E-state index in [-0.39, 0.29) is 35.5 Å². The van der Waals surface area contributed by atoms with Gasteiger partial charge in [-0.3, -0.25) is 0 Å². The molecule has 0 saturated carbocycles. The Morgan fingerprint density at radius 3 is 1.10 bits per heavy atom. The first-order valence-electron chi connectivity index (χ1n) is 29.1. The zero-order chi connectivity index (χ0) is 56.3. The van der Waals surface area contributed by atoms with Crippen LogP contribution >= 0.6 is 0 Å². The fraction of sp³-hybridized carbons (Fsp3) is 0.0294. The second-order valence-electron chi connectivity index (χ2n) is 18.6. The fourth-order valence-electron chi connectivity index (χ4n) is 11.7. The number of para-hydroxylation sites is 4. The first-order valence-corrected chi connectivity index (χ1v) is 24.1. The number of nitrogens with zero attached hydrogens (tertiary/aromatic N) is 4. The molecule has 11 aromatic carbocycles. The van der Waals surface area contributed by atoms with E-state index in [0.717, 1.165) is 110 Å². The van der Waals surface area contributed by atoms with Crippen LogP contribution in [0.2, 0.25) is 0 Å². The Morgan fingerprint density at radius 1 is 0.319 bits per heavy atom. The van der Waals surface area contributed by atoms with Crippen molar-refractivity contribution < 1.29 is 13.7 Å². The van der Waals surface area contributed by atoms with E-state index in [1.165, 1.54) is 0 Å². The lowest BCUT2D eigenvalue weighted by atomic mass is 9.89. The topological polar surface area (TPSA) is 15.3 Å². The quantitative estimate of drug-likeness (QED) is 0.151. The van der Waals surface area contributed by atoms with Gasteiger partial charge >= 0.3 is 0 Å². The Kier molecular flexibility index (Phi) is 6.85. The third kappa shape index (κ3) is 5.69. The van der Waals surface area contributed by atoms with Gasteiger partial charge in [-0.05, 0) is 97.7 Å². The minimum atomic E-state index is -0.467. The summed E-state index contributed by atoms with van der Waals surface area (Å²) in [5, 5.41) is 7.40. The highest BCUT2D eigenvalue weighted by atomic mass is 15.2. The molecule has 0 bridgehead atoms. The van der Waals surface area contributed by atoms with E-state index in [4.69, 9.17) is 8.22 Å². The molecule has 4 heterocycles. The van der Waals surface area contributed by atoms with Gasteiger partial charge in [0.2, 0.25) is 0 Å². The van der Waals surface area contributed by atoms with Gasteiger partial charge in [-0.1, -0.05) is 181 Å². The minimum Gasteiger partial charge on any atom is -0.310 e. The normalized spacial score (nSPS) is 14.0.